The molecule has 0 saturated carbocycles. The van der Waals surface area contributed by atoms with Gasteiger partial charge < -0.3 is 23.8 Å². The molecular formula is C25H27N3O5S. The Morgan fingerprint density at radius 2 is 1.79 bits per heavy atom. The number of amides is 1. The van der Waals surface area contributed by atoms with Crippen LogP contribution in [0.5, 0.6) is 5.75 Å². The van der Waals surface area contributed by atoms with Gasteiger partial charge in [-0.1, -0.05) is 17.3 Å². The highest BCUT2D eigenvalue weighted by molar-refractivity contribution is 7.98. The number of anilines is 1. The molecule has 1 fully saturated rings. The molecule has 0 bridgehead atoms. The van der Waals surface area contributed by atoms with Crippen LogP contribution in [-0.4, -0.2) is 61.8 Å². The van der Waals surface area contributed by atoms with Crippen LogP contribution in [0.15, 0.2) is 64.0 Å². The van der Waals surface area contributed by atoms with Crippen LogP contribution >= 0.6 is 11.8 Å². The van der Waals surface area contributed by atoms with Gasteiger partial charge in [-0.2, -0.15) is 0 Å². The van der Waals surface area contributed by atoms with Crippen LogP contribution in [0.1, 0.15) is 21.8 Å². The third-order valence-corrected chi connectivity index (χ3v) is 6.65. The van der Waals surface area contributed by atoms with Crippen molar-refractivity contribution in [2.45, 2.75) is 17.6 Å². The third-order valence-electron chi connectivity index (χ3n) is 5.55. The van der Waals surface area contributed by atoms with Crippen molar-refractivity contribution in [2.24, 2.45) is 0 Å². The Balaban J connectivity index is 1.27. The minimum Gasteiger partial charge on any atom is -0.497 e. The molecule has 1 amide bonds. The second-order valence-corrected chi connectivity index (χ2v) is 8.88. The van der Waals surface area contributed by atoms with Gasteiger partial charge in [0.2, 0.25) is 0 Å². The van der Waals surface area contributed by atoms with Crippen LogP contribution in [0.2, 0.25) is 0 Å². The number of aryl methyl sites for hydroxylation is 1. The second kappa shape index (κ2) is 11.1. The van der Waals surface area contributed by atoms with Crippen molar-refractivity contribution < 1.29 is 23.6 Å². The first-order chi connectivity index (χ1) is 16.5. The van der Waals surface area contributed by atoms with Crippen LogP contribution in [0, 0.1) is 6.92 Å². The summed E-state index contributed by atoms with van der Waals surface area (Å²) in [7, 11) is 1.64. The van der Waals surface area contributed by atoms with Crippen molar-refractivity contribution in [1.29, 1.82) is 0 Å². The number of methoxy groups -OCH3 is 1. The zero-order valence-electron chi connectivity index (χ0n) is 19.2. The Bertz CT molecular complexity index is 1120. The lowest BCUT2D eigenvalue weighted by Gasteiger charge is -2.36. The predicted molar refractivity (Wildman–Crippen MR) is 129 cm³/mol. The number of piperazine rings is 1. The van der Waals surface area contributed by atoms with Gasteiger partial charge in [0.25, 0.3) is 5.91 Å². The summed E-state index contributed by atoms with van der Waals surface area (Å²) in [5.74, 6) is 1.39. The van der Waals surface area contributed by atoms with Crippen LogP contribution in [0.3, 0.4) is 0 Å². The van der Waals surface area contributed by atoms with E-state index in [1.165, 1.54) is 11.8 Å². The number of nitrogens with zero attached hydrogens (tertiary/aromatic N) is 3. The highest BCUT2D eigenvalue weighted by Crippen LogP contribution is 2.27. The largest absolute Gasteiger partial charge is 0.497 e. The van der Waals surface area contributed by atoms with Crippen molar-refractivity contribution in [3.8, 4) is 5.75 Å². The maximum atomic E-state index is 12.7. The summed E-state index contributed by atoms with van der Waals surface area (Å²) >= 11 is 1.46. The lowest BCUT2D eigenvalue weighted by molar-refractivity contribution is -0.134. The lowest BCUT2D eigenvalue weighted by Crippen LogP contribution is -2.49. The molecule has 1 aliphatic rings. The predicted octanol–water partition coefficient (Wildman–Crippen LogP) is 3.79. The molecule has 0 atom stereocenters. The maximum Gasteiger partial charge on any atom is 0.339 e. The molecule has 0 N–H and O–H groups in total. The number of benzene rings is 2. The molecule has 2 aromatic carbocycles. The molecule has 4 rings (SSSR count). The van der Waals surface area contributed by atoms with Gasteiger partial charge in [-0.25, -0.2) is 4.79 Å². The summed E-state index contributed by atoms with van der Waals surface area (Å²) in [4.78, 5) is 30.1. The normalized spacial score (nSPS) is 13.6. The number of hydrogen-bond donors (Lipinski definition) is 0. The number of carbonyl (C=O) groups is 2. The van der Waals surface area contributed by atoms with Gasteiger partial charge >= 0.3 is 5.97 Å². The fraction of sp³-hybridized carbons (Fsp3) is 0.320. The van der Waals surface area contributed by atoms with E-state index in [1.54, 1.807) is 24.1 Å². The van der Waals surface area contributed by atoms with E-state index >= 15 is 0 Å². The van der Waals surface area contributed by atoms with E-state index in [0.717, 1.165) is 27.8 Å². The number of rotatable bonds is 8. The van der Waals surface area contributed by atoms with Crippen molar-refractivity contribution in [1.82, 2.24) is 10.1 Å². The Labute approximate surface area is 202 Å². The molecule has 0 radical (unpaired) electrons. The average Bonchev–Trinajstić information content (AvgIpc) is 3.31. The molecule has 0 unspecified atom stereocenters. The maximum absolute atomic E-state index is 12.7. The fourth-order valence-corrected chi connectivity index (χ4v) is 4.61. The number of aromatic nitrogens is 1. The zero-order chi connectivity index (χ0) is 23.9. The molecule has 9 heteroatoms. The Morgan fingerprint density at radius 1 is 1.06 bits per heavy atom. The van der Waals surface area contributed by atoms with Crippen LogP contribution in [-0.2, 0) is 15.3 Å². The Kier molecular flexibility index (Phi) is 7.74. The fourth-order valence-electron chi connectivity index (χ4n) is 3.70. The monoisotopic (exact) mass is 481 g/mol. The minimum absolute atomic E-state index is 0.190. The third kappa shape index (κ3) is 5.91. The van der Waals surface area contributed by atoms with Gasteiger partial charge in [0.1, 0.15) is 11.5 Å². The number of thioether (sulfide) groups is 1. The first-order valence-corrected chi connectivity index (χ1v) is 12.0. The molecule has 1 aromatic heterocycles. The summed E-state index contributed by atoms with van der Waals surface area (Å²) in [6, 6.07) is 16.9. The number of ether oxygens (including phenoxy) is 2. The van der Waals surface area contributed by atoms with Gasteiger partial charge in [-0.15, -0.1) is 11.8 Å². The molecule has 1 aliphatic heterocycles. The number of hydrogen-bond acceptors (Lipinski definition) is 8. The first-order valence-electron chi connectivity index (χ1n) is 11.0. The van der Waals surface area contributed by atoms with E-state index in [2.05, 4.69) is 10.1 Å². The molecule has 0 spiro atoms. The minimum atomic E-state index is -0.512. The SMILES string of the molecule is COc1ccc(N2CCN(C(=O)COC(=O)c3ccccc3SCc3cc(C)no3)CC2)cc1. The highest BCUT2D eigenvalue weighted by Gasteiger charge is 2.23. The van der Waals surface area contributed by atoms with Crippen molar-refractivity contribution >= 4 is 29.3 Å². The van der Waals surface area contributed by atoms with Crippen LogP contribution in [0.4, 0.5) is 5.69 Å². The Morgan fingerprint density at radius 3 is 2.47 bits per heavy atom. The van der Waals surface area contributed by atoms with Gasteiger partial charge in [-0.3, -0.25) is 4.79 Å². The quantitative estimate of drug-likeness (QED) is 0.355. The summed E-state index contributed by atoms with van der Waals surface area (Å²) in [6.07, 6.45) is 0. The van der Waals surface area contributed by atoms with Crippen molar-refractivity contribution in [3.05, 3.63) is 71.6 Å². The van der Waals surface area contributed by atoms with Gasteiger partial charge in [0, 0.05) is 42.8 Å². The molecule has 178 valence electrons. The molecule has 1 saturated heterocycles. The molecular weight excluding hydrogens is 454 g/mol. The molecule has 34 heavy (non-hydrogen) atoms. The van der Waals surface area contributed by atoms with E-state index in [9.17, 15) is 9.59 Å². The topological polar surface area (TPSA) is 85.1 Å². The Hall–Kier alpha value is -3.46. The second-order valence-electron chi connectivity index (χ2n) is 7.86. The van der Waals surface area contributed by atoms with Gasteiger partial charge in [-0.05, 0) is 43.3 Å². The molecule has 3 aromatic rings. The van der Waals surface area contributed by atoms with Crippen molar-refractivity contribution in [3.63, 3.8) is 0 Å². The van der Waals surface area contributed by atoms with Crippen LogP contribution < -0.4 is 9.64 Å². The average molecular weight is 482 g/mol. The number of esters is 1. The zero-order valence-corrected chi connectivity index (χ0v) is 20.0. The van der Waals surface area contributed by atoms with E-state index in [-0.39, 0.29) is 12.5 Å². The summed E-state index contributed by atoms with van der Waals surface area (Å²) in [6.45, 7) is 4.16. The highest BCUT2D eigenvalue weighted by atomic mass is 32.2. The van der Waals surface area contributed by atoms with Crippen LogP contribution in [0.25, 0.3) is 0 Å². The van der Waals surface area contributed by atoms with E-state index in [1.807, 2.05) is 49.4 Å². The van der Waals surface area contributed by atoms with E-state index in [0.29, 0.717) is 37.5 Å². The lowest BCUT2D eigenvalue weighted by atomic mass is 10.2. The van der Waals surface area contributed by atoms with E-state index in [4.69, 9.17) is 14.0 Å². The van der Waals surface area contributed by atoms with E-state index < -0.39 is 5.97 Å². The molecule has 8 nitrogen and oxygen atoms in total. The first kappa shape index (κ1) is 23.7. The smallest absolute Gasteiger partial charge is 0.339 e. The van der Waals surface area contributed by atoms with Gasteiger partial charge in [0.15, 0.2) is 6.61 Å². The summed E-state index contributed by atoms with van der Waals surface area (Å²) in [5, 5.41) is 3.88. The van der Waals surface area contributed by atoms with Gasteiger partial charge in [0.05, 0.1) is 24.1 Å². The number of carbonyl (C=O) groups excluding carboxylic acids is 2. The standard InChI is InChI=1S/C25H27N3O5S/c1-18-15-21(33-26-18)17-34-23-6-4-3-5-22(23)25(30)32-16-24(29)28-13-11-27(12-14-28)19-7-9-20(31-2)10-8-19/h3-10,15H,11-14,16-17H2,1-2H3. The summed E-state index contributed by atoms with van der Waals surface area (Å²) < 4.78 is 15.8. The van der Waals surface area contributed by atoms with Crippen molar-refractivity contribution in [2.75, 3.05) is 44.8 Å². The molecule has 2 heterocycles. The summed E-state index contributed by atoms with van der Waals surface area (Å²) in [5.41, 5.74) is 2.33. The molecule has 0 aliphatic carbocycles.